The van der Waals surface area contributed by atoms with Gasteiger partial charge >= 0.3 is 5.97 Å². The summed E-state index contributed by atoms with van der Waals surface area (Å²) < 4.78 is 35.1. The molecule has 0 unspecified atom stereocenters. The van der Waals surface area contributed by atoms with E-state index in [0.717, 1.165) is 28.6 Å². The Hall–Kier alpha value is -4.21. The molecule has 3 aromatic carbocycles. The van der Waals surface area contributed by atoms with E-state index >= 15 is 0 Å². The molecule has 0 fully saturated rings. The largest absolute Gasteiger partial charge is 0.506 e. The van der Waals surface area contributed by atoms with Gasteiger partial charge in [-0.3, -0.25) is 4.55 Å². The van der Waals surface area contributed by atoms with Crippen LogP contribution in [-0.2, 0) is 10.1 Å². The molecule has 1 aliphatic carbocycles. The summed E-state index contributed by atoms with van der Waals surface area (Å²) in [6.45, 7) is 0. The Labute approximate surface area is 215 Å². The topological polar surface area (TPSA) is 118 Å². The minimum atomic E-state index is -4.58. The summed E-state index contributed by atoms with van der Waals surface area (Å²) in [7, 11) is 3.14. The van der Waals surface area contributed by atoms with Gasteiger partial charge < -0.3 is 15.1 Å². The summed E-state index contributed by atoms with van der Waals surface area (Å²) in [6.07, 6.45) is 7.74. The van der Waals surface area contributed by atoms with E-state index in [1.807, 2.05) is 86.2 Å². The van der Waals surface area contributed by atoms with Crippen LogP contribution < -0.4 is 4.90 Å². The van der Waals surface area contributed by atoms with E-state index in [2.05, 4.69) is 0 Å². The third kappa shape index (κ3) is 5.04. The summed E-state index contributed by atoms with van der Waals surface area (Å²) in [5.41, 5.74) is 4.35. The Morgan fingerprint density at radius 3 is 2.00 bits per heavy atom. The summed E-state index contributed by atoms with van der Waals surface area (Å²) in [5.74, 6) is -1.95. The van der Waals surface area contributed by atoms with Crippen molar-refractivity contribution in [2.24, 2.45) is 0 Å². The first-order chi connectivity index (χ1) is 17.4. The molecule has 0 aliphatic heterocycles. The van der Waals surface area contributed by atoms with E-state index in [1.165, 1.54) is 18.2 Å². The van der Waals surface area contributed by atoms with Crippen LogP contribution in [0.15, 0.2) is 83.3 Å². The predicted molar refractivity (Wildman–Crippen MR) is 145 cm³/mol. The van der Waals surface area contributed by atoms with Gasteiger partial charge in [0.15, 0.2) is 5.71 Å². The number of carboxylic acid groups (broad SMARTS) is 1. The van der Waals surface area contributed by atoms with Crippen LogP contribution in [0, 0.1) is 0 Å². The molecular formula is C28H27N2O6S+. The van der Waals surface area contributed by atoms with Gasteiger partial charge in [-0.1, -0.05) is 18.2 Å². The van der Waals surface area contributed by atoms with Gasteiger partial charge in [-0.15, -0.1) is 0 Å². The fourth-order valence-electron chi connectivity index (χ4n) is 4.25. The first-order valence-corrected chi connectivity index (χ1v) is 12.8. The molecule has 0 radical (unpaired) electrons. The highest BCUT2D eigenvalue weighted by Gasteiger charge is 2.23. The quantitative estimate of drug-likeness (QED) is 0.342. The van der Waals surface area contributed by atoms with Crippen molar-refractivity contribution < 1.29 is 32.6 Å². The lowest BCUT2D eigenvalue weighted by molar-refractivity contribution is -0.462. The van der Waals surface area contributed by atoms with Crippen molar-refractivity contribution in [3.05, 3.63) is 95.1 Å². The smallest absolute Gasteiger partial charge is 0.339 e. The van der Waals surface area contributed by atoms with Crippen molar-refractivity contribution >= 4 is 43.8 Å². The van der Waals surface area contributed by atoms with Crippen LogP contribution in [0.3, 0.4) is 0 Å². The Bertz CT molecular complexity index is 1640. The molecule has 9 heteroatoms. The van der Waals surface area contributed by atoms with E-state index in [0.29, 0.717) is 16.5 Å². The zero-order chi connectivity index (χ0) is 27.1. The second-order valence-electron chi connectivity index (χ2n) is 9.07. The van der Waals surface area contributed by atoms with E-state index in [1.54, 1.807) is 0 Å². The van der Waals surface area contributed by atoms with E-state index in [9.17, 15) is 28.0 Å². The Morgan fingerprint density at radius 1 is 0.865 bits per heavy atom. The molecule has 0 saturated carbocycles. The molecule has 1 aliphatic rings. The minimum Gasteiger partial charge on any atom is -0.506 e. The molecule has 0 bridgehead atoms. The second-order valence-corrected chi connectivity index (χ2v) is 10.5. The fourth-order valence-corrected chi connectivity index (χ4v) is 4.76. The SMILES string of the molecule is CN(C)c1ccc(C(=C2C=CC(=[N+](C)C)C=C2)c2cc(C(=O)O)c(O)c3cc(S(=O)(=O)O)ccc23)cc1. The number of hydrogen-bond acceptors (Lipinski definition) is 5. The van der Waals surface area contributed by atoms with Crippen LogP contribution in [0.25, 0.3) is 16.3 Å². The van der Waals surface area contributed by atoms with Crippen LogP contribution in [0.4, 0.5) is 5.69 Å². The first kappa shape index (κ1) is 25.9. The van der Waals surface area contributed by atoms with Crippen LogP contribution in [0.5, 0.6) is 5.75 Å². The summed E-state index contributed by atoms with van der Waals surface area (Å²) >= 11 is 0. The summed E-state index contributed by atoms with van der Waals surface area (Å²) in [5, 5.41) is 21.0. The number of nitrogens with zero attached hydrogens (tertiary/aromatic N) is 2. The van der Waals surface area contributed by atoms with Gasteiger partial charge in [0, 0.05) is 37.3 Å². The molecule has 0 aromatic heterocycles. The average Bonchev–Trinajstić information content (AvgIpc) is 2.85. The third-order valence-electron chi connectivity index (χ3n) is 6.22. The molecule has 0 amide bonds. The molecule has 0 atom stereocenters. The first-order valence-electron chi connectivity index (χ1n) is 11.3. The van der Waals surface area contributed by atoms with Gasteiger partial charge in [0.05, 0.1) is 4.90 Å². The Kier molecular flexibility index (Phi) is 6.77. The molecule has 3 aromatic rings. The highest BCUT2D eigenvalue weighted by molar-refractivity contribution is 7.85. The van der Waals surface area contributed by atoms with Gasteiger partial charge in [-0.05, 0) is 70.1 Å². The van der Waals surface area contributed by atoms with Crippen LogP contribution in [-0.4, -0.2) is 67.6 Å². The minimum absolute atomic E-state index is 0.00246. The van der Waals surface area contributed by atoms with Crippen molar-refractivity contribution in [2.75, 3.05) is 33.1 Å². The molecule has 37 heavy (non-hydrogen) atoms. The lowest BCUT2D eigenvalue weighted by Gasteiger charge is -2.19. The number of fused-ring (bicyclic) bond motifs is 1. The highest BCUT2D eigenvalue weighted by atomic mass is 32.2. The van der Waals surface area contributed by atoms with Crippen molar-refractivity contribution in [3.63, 3.8) is 0 Å². The standard InChI is InChI=1S/C28H26N2O6S/c1-29(2)19-9-5-17(6-10-19)26(18-7-11-20(12-8-18)30(3)4)23-16-25(28(32)33)27(31)24-15-21(37(34,35)36)13-14-22(23)24/h5-16H,1-4H3,(H2,32,33,34,35,36)/p+1. The number of hydrogen-bond donors (Lipinski definition) is 3. The fraction of sp³-hybridized carbons (Fsp3) is 0.143. The van der Waals surface area contributed by atoms with Gasteiger partial charge in [0.1, 0.15) is 25.4 Å². The molecule has 0 spiro atoms. The molecule has 4 rings (SSSR count). The van der Waals surface area contributed by atoms with E-state index < -0.39 is 26.7 Å². The second kappa shape index (κ2) is 9.68. The number of carboxylic acids is 1. The van der Waals surface area contributed by atoms with Crippen molar-refractivity contribution in [2.45, 2.75) is 4.90 Å². The van der Waals surface area contributed by atoms with E-state index in [-0.39, 0.29) is 10.9 Å². The molecule has 0 heterocycles. The Balaban J connectivity index is 2.11. The van der Waals surface area contributed by atoms with Crippen molar-refractivity contribution in [1.29, 1.82) is 0 Å². The van der Waals surface area contributed by atoms with E-state index in [4.69, 9.17) is 0 Å². The van der Waals surface area contributed by atoms with Gasteiger partial charge in [0.25, 0.3) is 10.1 Å². The maximum atomic E-state index is 12.1. The maximum Gasteiger partial charge on any atom is 0.339 e. The van der Waals surface area contributed by atoms with Crippen molar-refractivity contribution in [3.8, 4) is 5.75 Å². The number of carbonyl (C=O) groups is 1. The van der Waals surface area contributed by atoms with Gasteiger partial charge in [-0.2, -0.15) is 8.42 Å². The Morgan fingerprint density at radius 2 is 1.49 bits per heavy atom. The summed E-state index contributed by atoms with van der Waals surface area (Å²) in [6, 6.07) is 12.9. The predicted octanol–water partition coefficient (Wildman–Crippen LogP) is 4.20. The van der Waals surface area contributed by atoms with Gasteiger partial charge in [0.2, 0.25) is 0 Å². The lowest BCUT2D eigenvalue weighted by Crippen LogP contribution is -2.10. The monoisotopic (exact) mass is 519 g/mol. The number of benzene rings is 3. The molecule has 3 N–H and O–H groups in total. The lowest BCUT2D eigenvalue weighted by atomic mass is 9.86. The maximum absolute atomic E-state index is 12.1. The molecule has 190 valence electrons. The molecular weight excluding hydrogens is 492 g/mol. The molecule has 8 nitrogen and oxygen atoms in total. The average molecular weight is 520 g/mol. The normalized spacial score (nSPS) is 13.2. The third-order valence-corrected chi connectivity index (χ3v) is 7.07. The summed E-state index contributed by atoms with van der Waals surface area (Å²) in [4.78, 5) is 13.6. The van der Waals surface area contributed by atoms with Crippen LogP contribution in [0.1, 0.15) is 21.5 Å². The van der Waals surface area contributed by atoms with Gasteiger partial charge in [-0.25, -0.2) is 9.37 Å². The zero-order valence-electron chi connectivity index (χ0n) is 20.8. The van der Waals surface area contributed by atoms with Crippen LogP contribution in [0.2, 0.25) is 0 Å². The van der Waals surface area contributed by atoms with Crippen molar-refractivity contribution in [1.82, 2.24) is 0 Å². The number of aromatic carboxylic acids is 1. The number of phenols is 1. The zero-order valence-corrected chi connectivity index (χ0v) is 21.6. The number of allylic oxidation sites excluding steroid dienone is 5. The molecule has 0 saturated heterocycles. The highest BCUT2D eigenvalue weighted by Crippen LogP contribution is 2.40. The number of anilines is 1. The number of aromatic hydroxyl groups is 1. The van der Waals surface area contributed by atoms with Crippen LogP contribution >= 0.6 is 0 Å². The number of rotatable bonds is 5.